The first kappa shape index (κ1) is 10.6. The van der Waals surface area contributed by atoms with Crippen LogP contribution in [0.3, 0.4) is 0 Å². The largest absolute Gasteiger partial charge is 0.437 e. The summed E-state index contributed by atoms with van der Waals surface area (Å²) < 4.78 is 11.6. The molecule has 1 atom stereocenters. The van der Waals surface area contributed by atoms with Gasteiger partial charge < -0.3 is 14.9 Å². The number of nitrogens with two attached hydrogens (primary N) is 1. The van der Waals surface area contributed by atoms with Gasteiger partial charge in [-0.3, -0.25) is 0 Å². The van der Waals surface area contributed by atoms with Crippen molar-refractivity contribution in [2.45, 2.75) is 6.10 Å². The van der Waals surface area contributed by atoms with E-state index in [1.807, 2.05) is 18.2 Å². The van der Waals surface area contributed by atoms with Gasteiger partial charge in [0.25, 0.3) is 0 Å². The zero-order chi connectivity index (χ0) is 10.8. The molecular formula is C10H11BrN2O2. The second-order valence-electron chi connectivity index (χ2n) is 3.10. The Morgan fingerprint density at radius 2 is 2.40 bits per heavy atom. The summed E-state index contributed by atoms with van der Waals surface area (Å²) in [5, 5.41) is 0. The molecule has 0 bridgehead atoms. The molecule has 4 nitrogen and oxygen atoms in total. The van der Waals surface area contributed by atoms with E-state index in [0.29, 0.717) is 12.4 Å². The van der Waals surface area contributed by atoms with Gasteiger partial charge in [0, 0.05) is 13.7 Å². The molecule has 1 aromatic heterocycles. The highest BCUT2D eigenvalue weighted by Crippen LogP contribution is 2.27. The van der Waals surface area contributed by atoms with Gasteiger partial charge in [-0.05, 0) is 28.1 Å². The summed E-state index contributed by atoms with van der Waals surface area (Å²) in [4.78, 5) is 4.31. The smallest absolute Gasteiger partial charge is 0.226 e. The van der Waals surface area contributed by atoms with E-state index in [4.69, 9.17) is 14.9 Å². The molecule has 0 spiro atoms. The first-order valence-corrected chi connectivity index (χ1v) is 5.33. The number of fused-ring (bicyclic) bond motifs is 1. The molecular weight excluding hydrogens is 260 g/mol. The number of hydrogen-bond donors (Lipinski definition) is 1. The highest BCUT2D eigenvalue weighted by Gasteiger charge is 2.16. The average molecular weight is 271 g/mol. The minimum Gasteiger partial charge on any atom is -0.437 e. The topological polar surface area (TPSA) is 61.3 Å². The third-order valence-electron chi connectivity index (χ3n) is 2.16. The fraction of sp³-hybridized carbons (Fsp3) is 0.300. The number of benzene rings is 1. The van der Waals surface area contributed by atoms with Crippen LogP contribution >= 0.6 is 15.9 Å². The monoisotopic (exact) mass is 270 g/mol. The lowest BCUT2D eigenvalue weighted by Gasteiger charge is -2.06. The molecule has 2 N–H and O–H groups in total. The van der Waals surface area contributed by atoms with Crippen LogP contribution < -0.4 is 5.73 Å². The van der Waals surface area contributed by atoms with Crippen LogP contribution in [-0.2, 0) is 4.74 Å². The van der Waals surface area contributed by atoms with Crippen LogP contribution in [0.2, 0.25) is 0 Å². The molecule has 80 valence electrons. The number of nitrogens with zero attached hydrogens (tertiary/aromatic N) is 1. The maximum atomic E-state index is 5.58. The third kappa shape index (κ3) is 1.90. The molecule has 0 saturated heterocycles. The number of ether oxygens (including phenoxy) is 1. The van der Waals surface area contributed by atoms with Gasteiger partial charge in [-0.25, -0.2) is 4.98 Å². The Labute approximate surface area is 95.5 Å². The molecule has 15 heavy (non-hydrogen) atoms. The second kappa shape index (κ2) is 4.30. The number of hydrogen-bond acceptors (Lipinski definition) is 4. The molecule has 2 aromatic rings. The molecule has 1 unspecified atom stereocenters. The van der Waals surface area contributed by atoms with Crippen LogP contribution in [-0.4, -0.2) is 18.6 Å². The summed E-state index contributed by atoms with van der Waals surface area (Å²) in [6.07, 6.45) is -0.288. The van der Waals surface area contributed by atoms with Crippen LogP contribution in [0.4, 0.5) is 0 Å². The number of oxazole rings is 1. The summed E-state index contributed by atoms with van der Waals surface area (Å²) in [5.74, 6) is 0.516. The van der Waals surface area contributed by atoms with Gasteiger partial charge in [0.2, 0.25) is 5.89 Å². The van der Waals surface area contributed by atoms with Gasteiger partial charge in [0.05, 0.1) is 4.47 Å². The molecule has 0 aliphatic carbocycles. The van der Waals surface area contributed by atoms with Gasteiger partial charge in [0.15, 0.2) is 5.58 Å². The quantitative estimate of drug-likeness (QED) is 0.929. The van der Waals surface area contributed by atoms with Crippen molar-refractivity contribution in [3.8, 4) is 0 Å². The van der Waals surface area contributed by atoms with Crippen molar-refractivity contribution < 1.29 is 9.15 Å². The van der Waals surface area contributed by atoms with E-state index >= 15 is 0 Å². The fourth-order valence-corrected chi connectivity index (χ4v) is 1.80. The average Bonchev–Trinajstić information content (AvgIpc) is 2.65. The summed E-state index contributed by atoms with van der Waals surface area (Å²) >= 11 is 3.40. The maximum absolute atomic E-state index is 5.58. The molecule has 5 heteroatoms. The van der Waals surface area contributed by atoms with E-state index in [0.717, 1.165) is 15.6 Å². The Bertz CT molecular complexity index is 465. The van der Waals surface area contributed by atoms with E-state index in [9.17, 15) is 0 Å². The van der Waals surface area contributed by atoms with E-state index in [1.54, 1.807) is 7.11 Å². The minimum atomic E-state index is -0.288. The second-order valence-corrected chi connectivity index (χ2v) is 3.95. The molecule has 0 amide bonds. The molecule has 0 fully saturated rings. The van der Waals surface area contributed by atoms with Gasteiger partial charge in [-0.15, -0.1) is 0 Å². The van der Waals surface area contributed by atoms with Crippen LogP contribution in [0.1, 0.15) is 12.0 Å². The third-order valence-corrected chi connectivity index (χ3v) is 2.78. The molecule has 1 aromatic carbocycles. The lowest BCUT2D eigenvalue weighted by Crippen LogP contribution is -2.14. The maximum Gasteiger partial charge on any atom is 0.226 e. The van der Waals surface area contributed by atoms with Gasteiger partial charge in [-0.2, -0.15) is 0 Å². The Morgan fingerprint density at radius 1 is 1.60 bits per heavy atom. The number of rotatable bonds is 3. The first-order valence-electron chi connectivity index (χ1n) is 4.54. The SMILES string of the molecule is COC(CN)c1nc2cccc(Br)c2o1. The van der Waals surface area contributed by atoms with Crippen molar-refractivity contribution in [1.82, 2.24) is 4.98 Å². The van der Waals surface area contributed by atoms with E-state index in [1.165, 1.54) is 0 Å². The predicted molar refractivity (Wildman–Crippen MR) is 60.5 cm³/mol. The Balaban J connectivity index is 2.51. The van der Waals surface area contributed by atoms with Crippen LogP contribution in [0.5, 0.6) is 0 Å². The number of aromatic nitrogens is 1. The predicted octanol–water partition coefficient (Wildman–Crippen LogP) is 2.24. The fourth-order valence-electron chi connectivity index (χ4n) is 1.37. The van der Waals surface area contributed by atoms with E-state index in [2.05, 4.69) is 20.9 Å². The van der Waals surface area contributed by atoms with Crippen LogP contribution in [0.15, 0.2) is 27.1 Å². The van der Waals surface area contributed by atoms with Crippen molar-refractivity contribution in [3.63, 3.8) is 0 Å². The Hall–Kier alpha value is -0.910. The summed E-state index contributed by atoms with van der Waals surface area (Å²) in [7, 11) is 1.58. The minimum absolute atomic E-state index is 0.288. The zero-order valence-electron chi connectivity index (χ0n) is 8.24. The number of methoxy groups -OCH3 is 1. The molecule has 1 heterocycles. The molecule has 0 aliphatic heterocycles. The summed E-state index contributed by atoms with van der Waals surface area (Å²) in [6.45, 7) is 0.348. The van der Waals surface area contributed by atoms with E-state index < -0.39 is 0 Å². The molecule has 2 rings (SSSR count). The highest BCUT2D eigenvalue weighted by molar-refractivity contribution is 9.10. The van der Waals surface area contributed by atoms with Crippen molar-refractivity contribution in [2.75, 3.05) is 13.7 Å². The number of para-hydroxylation sites is 1. The summed E-state index contributed by atoms with van der Waals surface area (Å²) in [6, 6.07) is 5.70. The first-order chi connectivity index (χ1) is 7.26. The van der Waals surface area contributed by atoms with Gasteiger partial charge in [-0.1, -0.05) is 6.07 Å². The lowest BCUT2D eigenvalue weighted by atomic mass is 10.3. The standard InChI is InChI=1S/C10H11BrN2O2/c1-14-8(5-12)10-13-7-4-2-3-6(11)9(7)15-10/h2-4,8H,5,12H2,1H3. The Morgan fingerprint density at radius 3 is 3.00 bits per heavy atom. The van der Waals surface area contributed by atoms with E-state index in [-0.39, 0.29) is 6.10 Å². The summed E-state index contributed by atoms with van der Waals surface area (Å²) in [5.41, 5.74) is 7.06. The highest BCUT2D eigenvalue weighted by atomic mass is 79.9. The normalized spacial score (nSPS) is 13.3. The van der Waals surface area contributed by atoms with Crippen molar-refractivity contribution in [3.05, 3.63) is 28.6 Å². The van der Waals surface area contributed by atoms with Crippen molar-refractivity contribution in [1.29, 1.82) is 0 Å². The van der Waals surface area contributed by atoms with Gasteiger partial charge in [0.1, 0.15) is 11.6 Å². The zero-order valence-corrected chi connectivity index (χ0v) is 9.82. The molecule has 0 radical (unpaired) electrons. The van der Waals surface area contributed by atoms with Crippen LogP contribution in [0.25, 0.3) is 11.1 Å². The van der Waals surface area contributed by atoms with Crippen molar-refractivity contribution in [2.24, 2.45) is 5.73 Å². The van der Waals surface area contributed by atoms with Crippen molar-refractivity contribution >= 4 is 27.0 Å². The van der Waals surface area contributed by atoms with Gasteiger partial charge >= 0.3 is 0 Å². The Kier molecular flexibility index (Phi) is 3.04. The lowest BCUT2D eigenvalue weighted by molar-refractivity contribution is 0.0878. The number of halogens is 1. The molecule has 0 saturated carbocycles. The molecule has 0 aliphatic rings. The van der Waals surface area contributed by atoms with Crippen LogP contribution in [0, 0.1) is 0 Å².